The molecule has 0 saturated heterocycles. The molecule has 6 nitrogen and oxygen atoms in total. The highest BCUT2D eigenvalue weighted by Crippen LogP contribution is 2.33. The summed E-state index contributed by atoms with van der Waals surface area (Å²) < 4.78 is 0. The van der Waals surface area contributed by atoms with Gasteiger partial charge in [-0.3, -0.25) is 10.1 Å². The van der Waals surface area contributed by atoms with Crippen molar-refractivity contribution in [1.29, 1.82) is 0 Å². The maximum atomic E-state index is 11.9. The van der Waals surface area contributed by atoms with Crippen LogP contribution in [0.3, 0.4) is 0 Å². The number of nitrogens with zero attached hydrogens (tertiary/aromatic N) is 1. The second kappa shape index (κ2) is 5.03. The second-order valence-corrected chi connectivity index (χ2v) is 5.32. The Morgan fingerprint density at radius 2 is 2.15 bits per heavy atom. The SMILES string of the molecule is Nc1cccc2c1N(CC(=O)NC(=O)NC1CC1)CC2. The summed E-state index contributed by atoms with van der Waals surface area (Å²) in [7, 11) is 0. The van der Waals surface area contributed by atoms with Crippen LogP contribution in [-0.4, -0.2) is 31.1 Å². The number of fused-ring (bicyclic) bond motifs is 1. The average Bonchev–Trinajstić information content (AvgIpc) is 3.09. The van der Waals surface area contributed by atoms with Crippen LogP contribution < -0.4 is 21.3 Å². The van der Waals surface area contributed by atoms with Gasteiger partial charge in [0.15, 0.2) is 0 Å². The molecule has 1 fully saturated rings. The van der Waals surface area contributed by atoms with Gasteiger partial charge in [-0.2, -0.15) is 0 Å². The zero-order chi connectivity index (χ0) is 14.1. The largest absolute Gasteiger partial charge is 0.397 e. The number of carbonyl (C=O) groups is 2. The monoisotopic (exact) mass is 274 g/mol. The summed E-state index contributed by atoms with van der Waals surface area (Å²) in [4.78, 5) is 25.3. The molecular formula is C14H18N4O2. The number of hydrogen-bond donors (Lipinski definition) is 3. The van der Waals surface area contributed by atoms with E-state index < -0.39 is 6.03 Å². The van der Waals surface area contributed by atoms with Gasteiger partial charge in [0.2, 0.25) is 5.91 Å². The van der Waals surface area contributed by atoms with E-state index in [1.54, 1.807) is 0 Å². The molecule has 1 aliphatic carbocycles. The van der Waals surface area contributed by atoms with Crippen LogP contribution in [0, 0.1) is 0 Å². The number of rotatable bonds is 3. The summed E-state index contributed by atoms with van der Waals surface area (Å²) >= 11 is 0. The Morgan fingerprint density at radius 3 is 2.90 bits per heavy atom. The van der Waals surface area contributed by atoms with Crippen molar-refractivity contribution >= 4 is 23.3 Å². The van der Waals surface area contributed by atoms with E-state index in [2.05, 4.69) is 10.6 Å². The van der Waals surface area contributed by atoms with Gasteiger partial charge in [0, 0.05) is 12.6 Å². The van der Waals surface area contributed by atoms with Gasteiger partial charge in [0.25, 0.3) is 0 Å². The molecular weight excluding hydrogens is 256 g/mol. The van der Waals surface area contributed by atoms with E-state index in [1.807, 2.05) is 23.1 Å². The molecule has 4 N–H and O–H groups in total. The van der Waals surface area contributed by atoms with Gasteiger partial charge in [-0.15, -0.1) is 0 Å². The third-order valence-corrected chi connectivity index (χ3v) is 3.62. The predicted molar refractivity (Wildman–Crippen MR) is 76.5 cm³/mol. The van der Waals surface area contributed by atoms with E-state index in [4.69, 9.17) is 5.73 Å². The summed E-state index contributed by atoms with van der Waals surface area (Å²) in [5.74, 6) is -0.306. The maximum Gasteiger partial charge on any atom is 0.321 e. The van der Waals surface area contributed by atoms with Gasteiger partial charge in [-0.05, 0) is 30.9 Å². The molecule has 0 radical (unpaired) electrons. The zero-order valence-electron chi connectivity index (χ0n) is 11.2. The Labute approximate surface area is 117 Å². The molecule has 6 heteroatoms. The van der Waals surface area contributed by atoms with Crippen molar-refractivity contribution < 1.29 is 9.59 Å². The van der Waals surface area contributed by atoms with Crippen LogP contribution in [0.4, 0.5) is 16.2 Å². The van der Waals surface area contributed by atoms with Gasteiger partial charge in [0.1, 0.15) is 0 Å². The average molecular weight is 274 g/mol. The number of nitrogen functional groups attached to an aromatic ring is 1. The van der Waals surface area contributed by atoms with E-state index >= 15 is 0 Å². The normalized spacial score (nSPS) is 16.7. The Balaban J connectivity index is 1.59. The maximum absolute atomic E-state index is 11.9. The Morgan fingerprint density at radius 1 is 1.35 bits per heavy atom. The number of anilines is 2. The van der Waals surface area contributed by atoms with Gasteiger partial charge < -0.3 is 16.0 Å². The van der Waals surface area contributed by atoms with Crippen LogP contribution in [0.25, 0.3) is 0 Å². The minimum atomic E-state index is -0.405. The summed E-state index contributed by atoms with van der Waals surface area (Å²) in [5, 5.41) is 5.08. The molecule has 3 amide bonds. The van der Waals surface area contributed by atoms with Crippen LogP contribution in [0.1, 0.15) is 18.4 Å². The number of urea groups is 1. The van der Waals surface area contributed by atoms with Crippen molar-refractivity contribution in [2.24, 2.45) is 0 Å². The Bertz CT molecular complexity index is 554. The number of nitrogens with two attached hydrogens (primary N) is 1. The molecule has 20 heavy (non-hydrogen) atoms. The number of benzene rings is 1. The van der Waals surface area contributed by atoms with E-state index in [0.717, 1.165) is 37.1 Å². The van der Waals surface area contributed by atoms with Crippen molar-refractivity contribution in [2.75, 3.05) is 23.7 Å². The minimum absolute atomic E-state index is 0.152. The van der Waals surface area contributed by atoms with Gasteiger partial charge in [-0.1, -0.05) is 12.1 Å². The summed E-state index contributed by atoms with van der Waals surface area (Å²) in [6, 6.07) is 5.60. The lowest BCUT2D eigenvalue weighted by molar-refractivity contribution is -0.118. The lowest BCUT2D eigenvalue weighted by Crippen LogP contribution is -2.45. The lowest BCUT2D eigenvalue weighted by Gasteiger charge is -2.20. The first kappa shape index (κ1) is 12.8. The number of para-hydroxylation sites is 1. The van der Waals surface area contributed by atoms with Crippen molar-refractivity contribution in [3.63, 3.8) is 0 Å². The molecule has 0 spiro atoms. The van der Waals surface area contributed by atoms with Crippen molar-refractivity contribution in [1.82, 2.24) is 10.6 Å². The minimum Gasteiger partial charge on any atom is -0.397 e. The van der Waals surface area contributed by atoms with E-state index in [1.165, 1.54) is 0 Å². The van der Waals surface area contributed by atoms with Crippen LogP contribution in [0.15, 0.2) is 18.2 Å². The van der Waals surface area contributed by atoms with E-state index in [0.29, 0.717) is 5.69 Å². The first-order valence-electron chi connectivity index (χ1n) is 6.86. The van der Waals surface area contributed by atoms with Crippen LogP contribution >= 0.6 is 0 Å². The van der Waals surface area contributed by atoms with Gasteiger partial charge in [0.05, 0.1) is 17.9 Å². The zero-order valence-corrected chi connectivity index (χ0v) is 11.2. The smallest absolute Gasteiger partial charge is 0.321 e. The molecule has 1 saturated carbocycles. The Kier molecular flexibility index (Phi) is 3.22. The van der Waals surface area contributed by atoms with Gasteiger partial charge >= 0.3 is 6.03 Å². The van der Waals surface area contributed by atoms with Crippen molar-refractivity contribution in [2.45, 2.75) is 25.3 Å². The van der Waals surface area contributed by atoms with E-state index in [-0.39, 0.29) is 18.5 Å². The fourth-order valence-corrected chi connectivity index (χ4v) is 2.51. The number of nitrogens with one attached hydrogen (secondary N) is 2. The molecule has 1 aromatic carbocycles. The number of amides is 3. The molecule has 3 rings (SSSR count). The highest BCUT2D eigenvalue weighted by Gasteiger charge is 2.26. The summed E-state index contributed by atoms with van der Waals surface area (Å²) in [6.45, 7) is 0.903. The predicted octanol–water partition coefficient (Wildman–Crippen LogP) is 0.619. The second-order valence-electron chi connectivity index (χ2n) is 5.32. The lowest BCUT2D eigenvalue weighted by atomic mass is 10.1. The standard InChI is InChI=1S/C14H18N4O2/c15-11-3-1-2-9-6-7-18(13(9)11)8-12(19)17-14(20)16-10-4-5-10/h1-3,10H,4-8,15H2,(H2,16,17,19,20). The molecule has 0 bridgehead atoms. The highest BCUT2D eigenvalue weighted by molar-refractivity contribution is 5.97. The molecule has 2 aliphatic rings. The van der Waals surface area contributed by atoms with Crippen molar-refractivity contribution in [3.8, 4) is 0 Å². The summed E-state index contributed by atoms with van der Waals surface area (Å²) in [6.07, 6.45) is 2.87. The van der Waals surface area contributed by atoms with Crippen LogP contribution in [-0.2, 0) is 11.2 Å². The van der Waals surface area contributed by atoms with E-state index in [9.17, 15) is 9.59 Å². The number of hydrogen-bond acceptors (Lipinski definition) is 4. The number of carbonyl (C=O) groups excluding carboxylic acids is 2. The Hall–Kier alpha value is -2.24. The third-order valence-electron chi connectivity index (χ3n) is 3.62. The molecule has 1 aromatic rings. The molecule has 1 aliphatic heterocycles. The highest BCUT2D eigenvalue weighted by atomic mass is 16.2. The first-order chi connectivity index (χ1) is 9.63. The fraction of sp³-hybridized carbons (Fsp3) is 0.429. The number of imide groups is 1. The summed E-state index contributed by atoms with van der Waals surface area (Å²) in [5.41, 5.74) is 8.71. The first-order valence-corrected chi connectivity index (χ1v) is 6.86. The van der Waals surface area contributed by atoms with Gasteiger partial charge in [-0.25, -0.2) is 4.79 Å². The topological polar surface area (TPSA) is 87.5 Å². The molecule has 0 aromatic heterocycles. The third kappa shape index (κ3) is 2.68. The molecule has 1 heterocycles. The molecule has 0 atom stereocenters. The molecule has 106 valence electrons. The van der Waals surface area contributed by atoms with Crippen LogP contribution in [0.5, 0.6) is 0 Å². The quantitative estimate of drug-likeness (QED) is 0.705. The van der Waals surface area contributed by atoms with Crippen molar-refractivity contribution in [3.05, 3.63) is 23.8 Å². The fourth-order valence-electron chi connectivity index (χ4n) is 2.51. The molecule has 0 unspecified atom stereocenters. The van der Waals surface area contributed by atoms with Crippen LogP contribution in [0.2, 0.25) is 0 Å².